The van der Waals surface area contributed by atoms with Gasteiger partial charge < -0.3 is 15.2 Å². The molecule has 1 spiro atoms. The summed E-state index contributed by atoms with van der Waals surface area (Å²) < 4.78 is 27.6. The third-order valence-corrected chi connectivity index (χ3v) is 6.83. The lowest BCUT2D eigenvalue weighted by atomic mass is 9.77. The summed E-state index contributed by atoms with van der Waals surface area (Å²) in [5.74, 6) is -2.23. The number of H-pyrrole nitrogens is 1. The van der Waals surface area contributed by atoms with E-state index in [1.807, 2.05) is 6.92 Å². The van der Waals surface area contributed by atoms with Crippen molar-refractivity contribution < 1.29 is 8.78 Å². The van der Waals surface area contributed by atoms with Crippen molar-refractivity contribution in [1.82, 2.24) is 25.3 Å². The Kier molecular flexibility index (Phi) is 5.67. The van der Waals surface area contributed by atoms with E-state index in [9.17, 15) is 8.78 Å². The van der Waals surface area contributed by atoms with Crippen LogP contribution in [0.2, 0.25) is 0 Å². The third-order valence-electron chi connectivity index (χ3n) is 5.82. The zero-order chi connectivity index (χ0) is 21.4. The average molecular weight is 433 g/mol. The number of piperidine rings is 1. The van der Waals surface area contributed by atoms with Gasteiger partial charge in [-0.2, -0.15) is 4.98 Å². The Morgan fingerprint density at radius 1 is 1.30 bits per heavy atom. The van der Waals surface area contributed by atoms with Gasteiger partial charge in [0.05, 0.1) is 6.20 Å². The molecule has 2 aromatic rings. The van der Waals surface area contributed by atoms with Gasteiger partial charge in [0.25, 0.3) is 5.92 Å². The number of halogens is 2. The van der Waals surface area contributed by atoms with Crippen LogP contribution in [0.1, 0.15) is 33.1 Å². The molecule has 0 amide bonds. The highest BCUT2D eigenvalue weighted by atomic mass is 32.2. The van der Waals surface area contributed by atoms with Gasteiger partial charge in [-0.3, -0.25) is 0 Å². The fourth-order valence-corrected chi connectivity index (χ4v) is 4.84. The number of fused-ring (bicyclic) bond motifs is 1. The second-order valence-electron chi connectivity index (χ2n) is 7.84. The van der Waals surface area contributed by atoms with E-state index in [0.717, 1.165) is 57.1 Å². The van der Waals surface area contributed by atoms with Crippen molar-refractivity contribution in [3.8, 4) is 0 Å². The number of hydrogen-bond acceptors (Lipinski definition) is 6. The molecule has 2 aliphatic rings. The normalized spacial score (nSPS) is 19.6. The van der Waals surface area contributed by atoms with Crippen LogP contribution in [0, 0.1) is 0 Å². The highest BCUT2D eigenvalue weighted by Crippen LogP contribution is 2.41. The minimum atomic E-state index is -3.02. The number of rotatable bonds is 6. The Bertz CT molecular complexity index is 1000. The van der Waals surface area contributed by atoms with Gasteiger partial charge in [0, 0.05) is 29.5 Å². The van der Waals surface area contributed by atoms with Gasteiger partial charge >= 0.3 is 0 Å². The van der Waals surface area contributed by atoms with Crippen molar-refractivity contribution in [2.24, 2.45) is 0 Å². The minimum absolute atomic E-state index is 0.170. The van der Waals surface area contributed by atoms with Crippen LogP contribution in [0.5, 0.6) is 0 Å². The van der Waals surface area contributed by atoms with E-state index in [-0.39, 0.29) is 11.1 Å². The van der Waals surface area contributed by atoms with Crippen molar-refractivity contribution in [2.75, 3.05) is 24.5 Å². The Morgan fingerprint density at radius 3 is 2.70 bits per heavy atom. The molecular weight excluding hydrogens is 406 g/mol. The summed E-state index contributed by atoms with van der Waals surface area (Å²) in [6.45, 7) is 9.24. The number of thioether (sulfide) groups is 1. The summed E-state index contributed by atoms with van der Waals surface area (Å²) in [6, 6.07) is 0. The van der Waals surface area contributed by atoms with Crippen LogP contribution in [0.25, 0.3) is 11.3 Å². The van der Waals surface area contributed by atoms with Crippen molar-refractivity contribution in [2.45, 2.75) is 49.6 Å². The van der Waals surface area contributed by atoms with Crippen LogP contribution < -0.4 is 10.2 Å². The molecule has 0 atom stereocenters. The summed E-state index contributed by atoms with van der Waals surface area (Å²) >= 11 is 1.12. The van der Waals surface area contributed by atoms with Gasteiger partial charge in [0.1, 0.15) is 5.03 Å². The number of nitrogens with one attached hydrogen (secondary N) is 2. The molecule has 160 valence electrons. The maximum Gasteiger partial charge on any atom is 0.271 e. The molecule has 0 aromatic carbocycles. The summed E-state index contributed by atoms with van der Waals surface area (Å²) in [5, 5.41) is 3.91. The molecule has 0 aliphatic carbocycles. The lowest BCUT2D eigenvalue weighted by Crippen LogP contribution is -2.64. The maximum atomic E-state index is 13.8. The molecule has 2 N–H and O–H groups in total. The fraction of sp³-hybridized carbons (Fsp3) is 0.476. The standard InChI is InChI=1S/C21H26F2N6S/c1-4-5-6-15(14(2)20(3,22)23)30-16-13-25-17-18(26-16)28-19(27-17)29-12-9-21(29)7-10-24-11-8-21/h4-6,13,24H,2,7-12H2,1,3H3,(H,25,26,27,28)/b5-4-,15-6+. The second kappa shape index (κ2) is 8.11. The predicted octanol–water partition coefficient (Wildman–Crippen LogP) is 4.45. The number of alkyl halides is 2. The SMILES string of the molecule is C=C(/C(=C\C=C/C)Sc1cnc2[nH]c(N3CCC34CCNCC4)nc2n1)C(C)(F)F. The molecule has 0 radical (unpaired) electrons. The van der Waals surface area contributed by atoms with E-state index in [4.69, 9.17) is 0 Å². The molecule has 2 saturated heterocycles. The number of imidazole rings is 1. The van der Waals surface area contributed by atoms with Crippen LogP contribution in [-0.2, 0) is 0 Å². The molecule has 0 bridgehead atoms. The maximum absolute atomic E-state index is 13.8. The summed E-state index contributed by atoms with van der Waals surface area (Å²) in [7, 11) is 0. The third kappa shape index (κ3) is 4.00. The van der Waals surface area contributed by atoms with Crippen LogP contribution in [-0.4, -0.2) is 51.0 Å². The van der Waals surface area contributed by atoms with Gasteiger partial charge in [-0.05, 0) is 45.4 Å². The van der Waals surface area contributed by atoms with Gasteiger partial charge in [0.15, 0.2) is 11.3 Å². The molecule has 4 rings (SSSR count). The number of hydrogen-bond donors (Lipinski definition) is 2. The first-order valence-corrected chi connectivity index (χ1v) is 10.9. The topological polar surface area (TPSA) is 69.7 Å². The zero-order valence-electron chi connectivity index (χ0n) is 17.2. The average Bonchev–Trinajstić information content (AvgIpc) is 3.11. The molecular formula is C21H26F2N6S. The predicted molar refractivity (Wildman–Crippen MR) is 117 cm³/mol. The molecule has 9 heteroatoms. The van der Waals surface area contributed by atoms with Crippen LogP contribution in [0.4, 0.5) is 14.7 Å². The molecule has 0 saturated carbocycles. The lowest BCUT2D eigenvalue weighted by Gasteiger charge is -2.55. The van der Waals surface area contributed by atoms with Gasteiger partial charge in [-0.25, -0.2) is 18.7 Å². The van der Waals surface area contributed by atoms with Crippen molar-refractivity contribution in [1.29, 1.82) is 0 Å². The van der Waals surface area contributed by atoms with Gasteiger partial charge in [0.2, 0.25) is 5.95 Å². The van der Waals surface area contributed by atoms with Crippen LogP contribution in [0.3, 0.4) is 0 Å². The van der Waals surface area contributed by atoms with E-state index in [1.165, 1.54) is 6.42 Å². The largest absolute Gasteiger partial charge is 0.336 e. The number of nitrogens with zero attached hydrogens (tertiary/aromatic N) is 4. The first-order chi connectivity index (χ1) is 14.3. The molecule has 2 aromatic heterocycles. The number of aromatic nitrogens is 4. The van der Waals surface area contributed by atoms with Crippen LogP contribution in [0.15, 0.2) is 46.5 Å². The number of allylic oxidation sites excluding steroid dienone is 4. The molecule has 2 aliphatic heterocycles. The first kappa shape index (κ1) is 21.0. The molecule has 6 nitrogen and oxygen atoms in total. The second-order valence-corrected chi connectivity index (χ2v) is 8.90. The van der Waals surface area contributed by atoms with Crippen molar-refractivity contribution in [3.05, 3.63) is 41.5 Å². The van der Waals surface area contributed by atoms with Gasteiger partial charge in [-0.1, -0.05) is 30.5 Å². The Labute approximate surface area is 179 Å². The highest BCUT2D eigenvalue weighted by Gasteiger charge is 2.46. The van der Waals surface area contributed by atoms with E-state index in [0.29, 0.717) is 21.2 Å². The summed E-state index contributed by atoms with van der Waals surface area (Å²) in [4.78, 5) is 19.6. The first-order valence-electron chi connectivity index (χ1n) is 10.1. The number of anilines is 1. The summed E-state index contributed by atoms with van der Waals surface area (Å²) in [5.41, 5.74) is 1.02. The molecule has 4 heterocycles. The Balaban J connectivity index is 1.58. The minimum Gasteiger partial charge on any atom is -0.336 e. The molecule has 30 heavy (non-hydrogen) atoms. The van der Waals surface area contributed by atoms with E-state index in [2.05, 4.69) is 36.7 Å². The Morgan fingerprint density at radius 2 is 2.07 bits per heavy atom. The number of aromatic amines is 1. The quantitative estimate of drug-likeness (QED) is 0.519. The van der Waals surface area contributed by atoms with Gasteiger partial charge in [-0.15, -0.1) is 0 Å². The monoisotopic (exact) mass is 432 g/mol. The van der Waals surface area contributed by atoms with E-state index < -0.39 is 5.92 Å². The Hall–Kier alpha value is -2.26. The van der Waals surface area contributed by atoms with Crippen molar-refractivity contribution >= 4 is 29.0 Å². The van der Waals surface area contributed by atoms with E-state index >= 15 is 0 Å². The fourth-order valence-electron chi connectivity index (χ4n) is 3.93. The summed E-state index contributed by atoms with van der Waals surface area (Å²) in [6.07, 6.45) is 10.0. The molecule has 0 unspecified atom stereocenters. The van der Waals surface area contributed by atoms with Crippen molar-refractivity contribution in [3.63, 3.8) is 0 Å². The lowest BCUT2D eigenvalue weighted by molar-refractivity contribution is 0.0675. The molecule has 2 fully saturated rings. The zero-order valence-corrected chi connectivity index (χ0v) is 18.0. The van der Waals surface area contributed by atoms with E-state index in [1.54, 1.807) is 24.4 Å². The van der Waals surface area contributed by atoms with Crippen LogP contribution >= 0.6 is 11.8 Å². The smallest absolute Gasteiger partial charge is 0.271 e. The highest BCUT2D eigenvalue weighted by molar-refractivity contribution is 8.03.